The maximum absolute atomic E-state index is 12.5. The lowest BCUT2D eigenvalue weighted by Crippen LogP contribution is -2.47. The minimum Gasteiger partial charge on any atom is -0.497 e. The van der Waals surface area contributed by atoms with Crippen molar-refractivity contribution in [1.29, 1.82) is 0 Å². The number of nitrogens with zero attached hydrogens (tertiary/aromatic N) is 4. The number of benzene rings is 2. The van der Waals surface area contributed by atoms with Crippen molar-refractivity contribution in [2.45, 2.75) is 6.54 Å². The van der Waals surface area contributed by atoms with Gasteiger partial charge in [-0.1, -0.05) is 34.4 Å². The fraction of sp³-hybridized carbons (Fsp3) is 0.261. The summed E-state index contributed by atoms with van der Waals surface area (Å²) in [7, 11) is 1.63. The summed E-state index contributed by atoms with van der Waals surface area (Å²) in [5, 5.41) is 5.02. The predicted octanol–water partition coefficient (Wildman–Crippen LogP) is 4.41. The number of carbonyl (C=O) groups excluding carboxylic acids is 1. The summed E-state index contributed by atoms with van der Waals surface area (Å²) >= 11 is 11.9. The van der Waals surface area contributed by atoms with Crippen LogP contribution in [0.2, 0.25) is 10.0 Å². The lowest BCUT2D eigenvalue weighted by Gasteiger charge is -2.33. The van der Waals surface area contributed by atoms with Crippen LogP contribution in [0.5, 0.6) is 5.75 Å². The van der Waals surface area contributed by atoms with Gasteiger partial charge in [-0.15, -0.1) is 0 Å². The summed E-state index contributed by atoms with van der Waals surface area (Å²) in [5.74, 6) is 1.84. The van der Waals surface area contributed by atoms with Crippen molar-refractivity contribution in [1.82, 2.24) is 19.9 Å². The lowest BCUT2D eigenvalue weighted by molar-refractivity contribution is -0.127. The standard InChI is InChI=1S/C23H22Cl2N4O3/c1-31-18-6-4-17(5-7-18)23-26-21(32-27-23)15-28-10-12-29(13-11-28)22(30)9-3-16-2-8-19(24)20(25)14-16/h2-9,14H,10-13,15H2,1H3/b9-3+. The molecule has 1 aliphatic heterocycles. The van der Waals surface area contributed by atoms with Gasteiger partial charge < -0.3 is 14.2 Å². The Morgan fingerprint density at radius 1 is 1.09 bits per heavy atom. The van der Waals surface area contributed by atoms with Crippen LogP contribution in [-0.4, -0.2) is 59.1 Å². The van der Waals surface area contributed by atoms with Crippen molar-refractivity contribution in [3.05, 3.63) is 70.0 Å². The number of methoxy groups -OCH3 is 1. The Kier molecular flexibility index (Phi) is 7.09. The molecule has 4 rings (SSSR count). The Hall–Kier alpha value is -2.87. The van der Waals surface area contributed by atoms with Crippen LogP contribution in [0.1, 0.15) is 11.5 Å². The fourth-order valence-electron chi connectivity index (χ4n) is 3.38. The molecule has 0 unspecified atom stereocenters. The van der Waals surface area contributed by atoms with Crippen LogP contribution < -0.4 is 4.74 Å². The highest BCUT2D eigenvalue weighted by Crippen LogP contribution is 2.23. The SMILES string of the molecule is COc1ccc(-c2noc(CN3CCN(C(=O)/C=C/c4ccc(Cl)c(Cl)c4)CC3)n2)cc1. The molecular formula is C23H22Cl2N4O3. The highest BCUT2D eigenvalue weighted by molar-refractivity contribution is 6.42. The molecule has 166 valence electrons. The first-order valence-electron chi connectivity index (χ1n) is 10.1. The Labute approximate surface area is 196 Å². The van der Waals surface area contributed by atoms with Gasteiger partial charge in [-0.05, 0) is 48.0 Å². The molecule has 32 heavy (non-hydrogen) atoms. The second-order valence-corrected chi connectivity index (χ2v) is 8.16. The van der Waals surface area contributed by atoms with E-state index < -0.39 is 0 Å². The van der Waals surface area contributed by atoms with Crippen LogP contribution in [0.15, 0.2) is 53.1 Å². The molecule has 9 heteroatoms. The third-order valence-corrected chi connectivity index (χ3v) is 5.96. The van der Waals surface area contributed by atoms with Crippen LogP contribution in [-0.2, 0) is 11.3 Å². The predicted molar refractivity (Wildman–Crippen MR) is 124 cm³/mol. The van der Waals surface area contributed by atoms with Gasteiger partial charge in [-0.3, -0.25) is 9.69 Å². The van der Waals surface area contributed by atoms with Crippen LogP contribution in [0.3, 0.4) is 0 Å². The monoisotopic (exact) mass is 472 g/mol. The van der Waals surface area contributed by atoms with E-state index in [-0.39, 0.29) is 5.91 Å². The van der Waals surface area contributed by atoms with Gasteiger partial charge in [0.1, 0.15) is 5.75 Å². The number of ether oxygens (including phenoxy) is 1. The molecule has 0 spiro atoms. The summed E-state index contributed by atoms with van der Waals surface area (Å²) in [6, 6.07) is 12.8. The molecule has 0 saturated carbocycles. The molecule has 0 atom stereocenters. The zero-order valence-corrected chi connectivity index (χ0v) is 19.0. The van der Waals surface area contributed by atoms with Gasteiger partial charge in [0, 0.05) is 37.8 Å². The van der Waals surface area contributed by atoms with E-state index in [0.29, 0.717) is 41.4 Å². The Bertz CT molecular complexity index is 1110. The van der Waals surface area contributed by atoms with Gasteiger partial charge in [-0.2, -0.15) is 4.98 Å². The number of hydrogen-bond donors (Lipinski definition) is 0. The summed E-state index contributed by atoms with van der Waals surface area (Å²) in [6.45, 7) is 3.26. The topological polar surface area (TPSA) is 71.7 Å². The van der Waals surface area contributed by atoms with Crippen molar-refractivity contribution in [2.24, 2.45) is 0 Å². The maximum Gasteiger partial charge on any atom is 0.246 e. The summed E-state index contributed by atoms with van der Waals surface area (Å²) in [5.41, 5.74) is 1.69. The van der Waals surface area contributed by atoms with Crippen molar-refractivity contribution in [3.63, 3.8) is 0 Å². The van der Waals surface area contributed by atoms with Crippen molar-refractivity contribution in [3.8, 4) is 17.1 Å². The number of halogens is 2. The number of aromatic nitrogens is 2. The van der Waals surface area contributed by atoms with Gasteiger partial charge in [0.15, 0.2) is 0 Å². The van der Waals surface area contributed by atoms with Gasteiger partial charge in [0.05, 0.1) is 23.7 Å². The highest BCUT2D eigenvalue weighted by Gasteiger charge is 2.21. The zero-order chi connectivity index (χ0) is 22.5. The number of rotatable bonds is 6. The molecule has 1 saturated heterocycles. The van der Waals surface area contributed by atoms with E-state index in [0.717, 1.165) is 30.0 Å². The summed E-state index contributed by atoms with van der Waals surface area (Å²) in [4.78, 5) is 21.0. The van der Waals surface area contributed by atoms with Crippen molar-refractivity contribution >= 4 is 35.2 Å². The van der Waals surface area contributed by atoms with E-state index in [1.807, 2.05) is 35.2 Å². The Morgan fingerprint density at radius 2 is 1.84 bits per heavy atom. The molecule has 0 N–H and O–H groups in total. The number of hydrogen-bond acceptors (Lipinski definition) is 6. The minimum atomic E-state index is -0.0321. The molecule has 2 heterocycles. The fourth-order valence-corrected chi connectivity index (χ4v) is 3.69. The second-order valence-electron chi connectivity index (χ2n) is 7.35. The summed E-state index contributed by atoms with van der Waals surface area (Å²) in [6.07, 6.45) is 3.31. The number of amides is 1. The van der Waals surface area contributed by atoms with Gasteiger partial charge in [0.2, 0.25) is 17.6 Å². The molecule has 0 bridgehead atoms. The normalized spacial score (nSPS) is 14.8. The van der Waals surface area contributed by atoms with E-state index in [4.69, 9.17) is 32.5 Å². The van der Waals surface area contributed by atoms with Crippen LogP contribution in [0.25, 0.3) is 17.5 Å². The molecule has 0 aliphatic carbocycles. The van der Waals surface area contributed by atoms with Crippen LogP contribution in [0.4, 0.5) is 0 Å². The average molecular weight is 473 g/mol. The number of carbonyl (C=O) groups is 1. The number of piperazine rings is 1. The molecule has 2 aromatic carbocycles. The van der Waals surface area contributed by atoms with Gasteiger partial charge in [-0.25, -0.2) is 0 Å². The lowest BCUT2D eigenvalue weighted by atomic mass is 10.2. The molecule has 1 amide bonds. The average Bonchev–Trinajstić information content (AvgIpc) is 3.28. The Balaban J connectivity index is 1.28. The van der Waals surface area contributed by atoms with Crippen molar-refractivity contribution < 1.29 is 14.1 Å². The second kappa shape index (κ2) is 10.2. The largest absolute Gasteiger partial charge is 0.497 e. The van der Waals surface area contributed by atoms with E-state index in [1.165, 1.54) is 0 Å². The molecule has 1 aromatic heterocycles. The quantitative estimate of drug-likeness (QED) is 0.494. The molecule has 3 aromatic rings. The molecule has 0 radical (unpaired) electrons. The zero-order valence-electron chi connectivity index (χ0n) is 17.5. The third-order valence-electron chi connectivity index (χ3n) is 5.22. The van der Waals surface area contributed by atoms with E-state index in [2.05, 4.69) is 15.0 Å². The first-order chi connectivity index (χ1) is 15.5. The van der Waals surface area contributed by atoms with Crippen molar-refractivity contribution in [2.75, 3.05) is 33.3 Å². The molecule has 1 fully saturated rings. The minimum absolute atomic E-state index is 0.0321. The third kappa shape index (κ3) is 5.48. The van der Waals surface area contributed by atoms with E-state index in [9.17, 15) is 4.79 Å². The van der Waals surface area contributed by atoms with E-state index in [1.54, 1.807) is 31.4 Å². The molecular weight excluding hydrogens is 451 g/mol. The molecule has 1 aliphatic rings. The first-order valence-corrected chi connectivity index (χ1v) is 10.9. The first kappa shape index (κ1) is 22.3. The smallest absolute Gasteiger partial charge is 0.246 e. The maximum atomic E-state index is 12.5. The van der Waals surface area contributed by atoms with Crippen LogP contribution >= 0.6 is 23.2 Å². The van der Waals surface area contributed by atoms with Gasteiger partial charge in [0.25, 0.3) is 0 Å². The molecule has 7 nitrogen and oxygen atoms in total. The van der Waals surface area contributed by atoms with Crippen LogP contribution in [0, 0.1) is 0 Å². The van der Waals surface area contributed by atoms with Gasteiger partial charge >= 0.3 is 0 Å². The highest BCUT2D eigenvalue weighted by atomic mass is 35.5. The Morgan fingerprint density at radius 3 is 2.53 bits per heavy atom. The summed E-state index contributed by atoms with van der Waals surface area (Å²) < 4.78 is 10.6. The van der Waals surface area contributed by atoms with E-state index >= 15 is 0 Å².